The Bertz CT molecular complexity index is 428. The lowest BCUT2D eigenvalue weighted by molar-refractivity contribution is 0.428. The summed E-state index contributed by atoms with van der Waals surface area (Å²) in [5.41, 5.74) is 0. The number of thiophene rings is 1. The third-order valence-corrected chi connectivity index (χ3v) is 5.21. The van der Waals surface area contributed by atoms with Crippen LogP contribution >= 0.6 is 23.7 Å². The number of nitrogens with one attached hydrogen (secondary N) is 2. The van der Waals surface area contributed by atoms with Crippen molar-refractivity contribution in [1.29, 1.82) is 0 Å². The summed E-state index contributed by atoms with van der Waals surface area (Å²) in [6.45, 7) is 1.74. The van der Waals surface area contributed by atoms with Crippen molar-refractivity contribution in [1.82, 2.24) is 10.0 Å². The summed E-state index contributed by atoms with van der Waals surface area (Å²) in [5.74, 6) is 0.185. The molecule has 7 heteroatoms. The minimum atomic E-state index is -3.14. The second-order valence-electron chi connectivity index (χ2n) is 4.31. The molecule has 2 rings (SSSR count). The maximum Gasteiger partial charge on any atom is 0.212 e. The van der Waals surface area contributed by atoms with Gasteiger partial charge in [-0.05, 0) is 37.3 Å². The Hall–Kier alpha value is -0.140. The molecule has 18 heavy (non-hydrogen) atoms. The monoisotopic (exact) mass is 310 g/mol. The van der Waals surface area contributed by atoms with Crippen LogP contribution in [0.15, 0.2) is 17.5 Å². The molecule has 0 aliphatic carbocycles. The summed E-state index contributed by atoms with van der Waals surface area (Å²) in [6, 6.07) is 3.99. The van der Waals surface area contributed by atoms with Crippen LogP contribution in [0.2, 0.25) is 0 Å². The third kappa shape index (κ3) is 5.24. The third-order valence-electron chi connectivity index (χ3n) is 2.84. The smallest absolute Gasteiger partial charge is 0.212 e. The van der Waals surface area contributed by atoms with Crippen LogP contribution in [-0.2, 0) is 16.4 Å². The Kier molecular flexibility index (Phi) is 6.59. The standard InChI is InChI=1S/C11H18N2O2S2.ClH/c14-17(15,8-5-11-4-2-7-16-11)13-10-3-1-6-12-9-10;/h2,4,7,10,12-13H,1,3,5-6,8-9H2;1H/t10-;/m1./s1. The van der Waals surface area contributed by atoms with Gasteiger partial charge >= 0.3 is 0 Å². The maximum atomic E-state index is 11.9. The second kappa shape index (κ2) is 7.45. The van der Waals surface area contributed by atoms with Crippen molar-refractivity contribution >= 4 is 33.8 Å². The Balaban J connectivity index is 0.00000162. The lowest BCUT2D eigenvalue weighted by atomic mass is 10.1. The normalized spacial score (nSPS) is 20.3. The summed E-state index contributed by atoms with van der Waals surface area (Å²) in [6.07, 6.45) is 2.58. The molecule has 0 unspecified atom stereocenters. The van der Waals surface area contributed by atoms with E-state index in [1.807, 2.05) is 17.5 Å². The van der Waals surface area contributed by atoms with Gasteiger partial charge in [0.1, 0.15) is 0 Å². The van der Waals surface area contributed by atoms with Gasteiger partial charge in [-0.2, -0.15) is 0 Å². The van der Waals surface area contributed by atoms with Crippen LogP contribution in [0.5, 0.6) is 0 Å². The lowest BCUT2D eigenvalue weighted by Crippen LogP contribution is -2.46. The number of aryl methyl sites for hydroxylation is 1. The summed E-state index contributed by atoms with van der Waals surface area (Å²) < 4.78 is 26.5. The van der Waals surface area contributed by atoms with Gasteiger partial charge in [0.05, 0.1) is 5.75 Å². The minimum absolute atomic E-state index is 0. The van der Waals surface area contributed by atoms with Gasteiger partial charge in [-0.25, -0.2) is 13.1 Å². The number of sulfonamides is 1. The van der Waals surface area contributed by atoms with Crippen LogP contribution in [0.4, 0.5) is 0 Å². The molecule has 0 aromatic carbocycles. The van der Waals surface area contributed by atoms with Crippen LogP contribution in [0.3, 0.4) is 0 Å². The molecule has 1 aromatic rings. The van der Waals surface area contributed by atoms with E-state index in [0.29, 0.717) is 6.42 Å². The number of hydrogen-bond donors (Lipinski definition) is 2. The topological polar surface area (TPSA) is 58.2 Å². The maximum absolute atomic E-state index is 11.9. The van der Waals surface area contributed by atoms with E-state index in [0.717, 1.165) is 30.8 Å². The van der Waals surface area contributed by atoms with E-state index in [-0.39, 0.29) is 24.2 Å². The molecule has 0 radical (unpaired) electrons. The van der Waals surface area contributed by atoms with Crippen LogP contribution < -0.4 is 10.0 Å². The van der Waals surface area contributed by atoms with Crippen molar-refractivity contribution in [3.8, 4) is 0 Å². The molecule has 2 N–H and O–H groups in total. The zero-order chi connectivity index (χ0) is 12.1. The van der Waals surface area contributed by atoms with Gasteiger partial charge < -0.3 is 5.32 Å². The SMILES string of the molecule is Cl.O=S(=O)(CCc1cccs1)N[C@@H]1CCCNC1. The van der Waals surface area contributed by atoms with Crippen molar-refractivity contribution < 1.29 is 8.42 Å². The van der Waals surface area contributed by atoms with Gasteiger partial charge in [0.2, 0.25) is 10.0 Å². The molecule has 1 atom stereocenters. The minimum Gasteiger partial charge on any atom is -0.315 e. The zero-order valence-corrected chi connectivity index (χ0v) is 12.5. The molecule has 104 valence electrons. The van der Waals surface area contributed by atoms with Crippen LogP contribution in [-0.4, -0.2) is 33.3 Å². The molecule has 0 bridgehead atoms. The molecule has 4 nitrogen and oxygen atoms in total. The molecule has 1 saturated heterocycles. The molecule has 0 saturated carbocycles. The van der Waals surface area contributed by atoms with E-state index in [2.05, 4.69) is 10.0 Å². The second-order valence-corrected chi connectivity index (χ2v) is 7.22. The fourth-order valence-corrected chi connectivity index (χ4v) is 4.11. The first kappa shape index (κ1) is 15.9. The Morgan fingerprint density at radius 2 is 2.33 bits per heavy atom. The highest BCUT2D eigenvalue weighted by Gasteiger charge is 2.19. The van der Waals surface area contributed by atoms with Gasteiger partial charge in [-0.3, -0.25) is 0 Å². The van der Waals surface area contributed by atoms with E-state index < -0.39 is 10.0 Å². The lowest BCUT2D eigenvalue weighted by Gasteiger charge is -2.23. The summed E-state index contributed by atoms with van der Waals surface area (Å²) in [5, 5.41) is 5.17. The Morgan fingerprint density at radius 3 is 2.94 bits per heavy atom. The first-order chi connectivity index (χ1) is 8.16. The Labute approximate surface area is 119 Å². The summed E-state index contributed by atoms with van der Waals surface area (Å²) >= 11 is 1.61. The number of rotatable bonds is 5. The molecule has 2 heterocycles. The van der Waals surface area contributed by atoms with Crippen molar-refractivity contribution in [3.05, 3.63) is 22.4 Å². The predicted octanol–water partition coefficient (Wildman–Crippen LogP) is 1.38. The highest BCUT2D eigenvalue weighted by atomic mass is 35.5. The molecule has 0 amide bonds. The zero-order valence-electron chi connectivity index (χ0n) is 10.1. The van der Waals surface area contributed by atoms with Crippen molar-refractivity contribution in [2.45, 2.75) is 25.3 Å². The van der Waals surface area contributed by atoms with E-state index in [1.54, 1.807) is 11.3 Å². The fraction of sp³-hybridized carbons (Fsp3) is 0.636. The first-order valence-corrected chi connectivity index (χ1v) is 8.42. The molecule has 1 aromatic heterocycles. The highest BCUT2D eigenvalue weighted by molar-refractivity contribution is 7.89. The van der Waals surface area contributed by atoms with Crippen molar-refractivity contribution in [2.75, 3.05) is 18.8 Å². The van der Waals surface area contributed by atoms with Gasteiger partial charge in [0, 0.05) is 17.5 Å². The summed E-state index contributed by atoms with van der Waals surface area (Å²) in [7, 11) is -3.14. The van der Waals surface area contributed by atoms with E-state index >= 15 is 0 Å². The van der Waals surface area contributed by atoms with E-state index in [4.69, 9.17) is 0 Å². The van der Waals surface area contributed by atoms with E-state index in [9.17, 15) is 8.42 Å². The van der Waals surface area contributed by atoms with Gasteiger partial charge in [-0.15, -0.1) is 23.7 Å². The van der Waals surface area contributed by atoms with Gasteiger partial charge in [-0.1, -0.05) is 6.07 Å². The molecular weight excluding hydrogens is 292 g/mol. The highest BCUT2D eigenvalue weighted by Crippen LogP contribution is 2.10. The van der Waals surface area contributed by atoms with Crippen molar-refractivity contribution in [3.63, 3.8) is 0 Å². The van der Waals surface area contributed by atoms with Gasteiger partial charge in [0.25, 0.3) is 0 Å². The largest absolute Gasteiger partial charge is 0.315 e. The molecular formula is C11H19ClN2O2S2. The number of halogens is 1. The predicted molar refractivity (Wildman–Crippen MR) is 78.1 cm³/mol. The van der Waals surface area contributed by atoms with Gasteiger partial charge in [0.15, 0.2) is 0 Å². The van der Waals surface area contributed by atoms with Crippen molar-refractivity contribution in [2.24, 2.45) is 0 Å². The van der Waals surface area contributed by atoms with E-state index in [1.165, 1.54) is 0 Å². The van der Waals surface area contributed by atoms with Crippen LogP contribution in [0, 0.1) is 0 Å². The average molecular weight is 311 g/mol. The van der Waals surface area contributed by atoms with Crippen LogP contribution in [0.25, 0.3) is 0 Å². The molecule has 0 spiro atoms. The molecule has 1 aliphatic heterocycles. The Morgan fingerprint density at radius 1 is 1.50 bits per heavy atom. The summed E-state index contributed by atoms with van der Waals surface area (Å²) in [4.78, 5) is 1.12. The number of hydrogen-bond acceptors (Lipinski definition) is 4. The fourth-order valence-electron chi connectivity index (χ4n) is 1.96. The number of piperidine rings is 1. The molecule has 1 fully saturated rings. The molecule has 1 aliphatic rings. The first-order valence-electron chi connectivity index (χ1n) is 5.89. The van der Waals surface area contributed by atoms with Crippen LogP contribution in [0.1, 0.15) is 17.7 Å². The average Bonchev–Trinajstić information content (AvgIpc) is 2.80. The quantitative estimate of drug-likeness (QED) is 0.864.